The second-order valence-electron chi connectivity index (χ2n) is 6.32. The van der Waals surface area contributed by atoms with Crippen molar-refractivity contribution in [3.8, 4) is 0 Å². The molecule has 3 aromatic rings. The number of aryl methyl sites for hydroxylation is 1. The highest BCUT2D eigenvalue weighted by molar-refractivity contribution is 7.07. The number of rotatable bonds is 4. The fraction of sp³-hybridized carbons (Fsp3) is 0.412. The second-order valence-corrected chi connectivity index (χ2v) is 7.03. The van der Waals surface area contributed by atoms with Crippen molar-refractivity contribution < 1.29 is 9.32 Å². The summed E-state index contributed by atoms with van der Waals surface area (Å²) in [5.74, 6) is 1.45. The highest BCUT2D eigenvalue weighted by Gasteiger charge is 2.29. The Morgan fingerprint density at radius 2 is 2.36 bits per heavy atom. The quantitative estimate of drug-likeness (QED) is 0.717. The van der Waals surface area contributed by atoms with Gasteiger partial charge in [-0.15, -0.1) is 11.3 Å². The van der Waals surface area contributed by atoms with Gasteiger partial charge in [-0.25, -0.2) is 9.97 Å². The number of nitrogens with zero attached hydrogens (tertiary/aromatic N) is 5. The number of thiazole rings is 1. The molecule has 4 heterocycles. The van der Waals surface area contributed by atoms with Crippen LogP contribution in [-0.4, -0.2) is 43.6 Å². The molecule has 0 unspecified atom stereocenters. The minimum atomic E-state index is -0.0945. The van der Waals surface area contributed by atoms with Crippen LogP contribution >= 0.6 is 11.3 Å². The van der Waals surface area contributed by atoms with Crippen molar-refractivity contribution in [2.45, 2.75) is 32.2 Å². The van der Waals surface area contributed by atoms with Crippen molar-refractivity contribution in [3.05, 3.63) is 52.3 Å². The molecule has 1 saturated heterocycles. The Morgan fingerprint density at radius 3 is 3.12 bits per heavy atom. The third-order valence-electron chi connectivity index (χ3n) is 4.48. The van der Waals surface area contributed by atoms with Crippen molar-refractivity contribution >= 4 is 17.2 Å². The molecule has 0 saturated carbocycles. The topological polar surface area (TPSA) is 77.0 Å². The molecule has 8 heteroatoms. The smallest absolute Gasteiger partial charge is 0.292 e. The van der Waals surface area contributed by atoms with E-state index in [1.54, 1.807) is 17.4 Å². The molecule has 1 amide bonds. The van der Waals surface area contributed by atoms with Crippen LogP contribution in [0.2, 0.25) is 0 Å². The molecule has 7 nitrogen and oxygen atoms in total. The summed E-state index contributed by atoms with van der Waals surface area (Å²) < 4.78 is 7.26. The van der Waals surface area contributed by atoms with Crippen LogP contribution in [0.3, 0.4) is 0 Å². The molecule has 0 bridgehead atoms. The highest BCUT2D eigenvalue weighted by atomic mass is 32.1. The van der Waals surface area contributed by atoms with Crippen molar-refractivity contribution in [2.24, 2.45) is 0 Å². The first-order chi connectivity index (χ1) is 12.2. The van der Waals surface area contributed by atoms with E-state index in [9.17, 15) is 4.79 Å². The first kappa shape index (κ1) is 16.0. The first-order valence-electron chi connectivity index (χ1n) is 8.31. The third-order valence-corrected chi connectivity index (χ3v) is 5.11. The Bertz CT molecular complexity index is 854. The molecule has 0 N–H and O–H groups in total. The maximum atomic E-state index is 12.6. The predicted molar refractivity (Wildman–Crippen MR) is 92.6 cm³/mol. The van der Waals surface area contributed by atoms with Gasteiger partial charge in [-0.3, -0.25) is 4.79 Å². The van der Waals surface area contributed by atoms with E-state index < -0.39 is 0 Å². The normalized spacial score (nSPS) is 17.8. The van der Waals surface area contributed by atoms with E-state index in [2.05, 4.69) is 19.7 Å². The molecule has 0 aliphatic carbocycles. The lowest BCUT2D eigenvalue weighted by Gasteiger charge is -2.32. The van der Waals surface area contributed by atoms with E-state index in [0.717, 1.165) is 36.6 Å². The number of aromatic nitrogens is 4. The largest absolute Gasteiger partial charge is 0.351 e. The van der Waals surface area contributed by atoms with E-state index in [0.29, 0.717) is 18.8 Å². The van der Waals surface area contributed by atoms with E-state index in [4.69, 9.17) is 4.52 Å². The summed E-state index contributed by atoms with van der Waals surface area (Å²) in [6, 6.07) is 1.69. The summed E-state index contributed by atoms with van der Waals surface area (Å²) in [6.07, 6.45) is 5.78. The Kier molecular flexibility index (Phi) is 4.35. The molecule has 3 aromatic heterocycles. The zero-order chi connectivity index (χ0) is 17.2. The lowest BCUT2D eigenvalue weighted by Crippen LogP contribution is -2.39. The Hall–Kier alpha value is -2.48. The number of hydrogen-bond donors (Lipinski definition) is 0. The Labute approximate surface area is 149 Å². The van der Waals surface area contributed by atoms with Gasteiger partial charge in [0.1, 0.15) is 5.82 Å². The van der Waals surface area contributed by atoms with Gasteiger partial charge in [-0.2, -0.15) is 0 Å². The molecule has 1 aliphatic heterocycles. The maximum absolute atomic E-state index is 12.6. The summed E-state index contributed by atoms with van der Waals surface area (Å²) >= 11 is 1.59. The lowest BCUT2D eigenvalue weighted by atomic mass is 9.97. The van der Waals surface area contributed by atoms with Crippen LogP contribution in [0.4, 0.5) is 0 Å². The molecule has 0 aromatic carbocycles. The molecule has 1 fully saturated rings. The molecule has 1 atom stereocenters. The number of likely N-dealkylation sites (tertiary alicyclic amines) is 1. The van der Waals surface area contributed by atoms with E-state index in [-0.39, 0.29) is 11.8 Å². The van der Waals surface area contributed by atoms with E-state index >= 15 is 0 Å². The fourth-order valence-electron chi connectivity index (χ4n) is 3.30. The zero-order valence-electron chi connectivity index (χ0n) is 14.0. The van der Waals surface area contributed by atoms with Gasteiger partial charge in [-0.1, -0.05) is 5.16 Å². The summed E-state index contributed by atoms with van der Waals surface area (Å²) in [5, 5.41) is 5.86. The number of amides is 1. The molecule has 0 radical (unpaired) electrons. The van der Waals surface area contributed by atoms with Gasteiger partial charge in [0.05, 0.1) is 23.4 Å². The number of carbonyl (C=O) groups excluding carboxylic acids is 1. The monoisotopic (exact) mass is 357 g/mol. The van der Waals surface area contributed by atoms with Gasteiger partial charge < -0.3 is 14.0 Å². The highest BCUT2D eigenvalue weighted by Crippen LogP contribution is 2.27. The number of imidazole rings is 1. The van der Waals surface area contributed by atoms with Gasteiger partial charge in [-0.05, 0) is 19.8 Å². The average Bonchev–Trinajstić information content (AvgIpc) is 3.37. The average molecular weight is 357 g/mol. The van der Waals surface area contributed by atoms with Crippen LogP contribution in [0, 0.1) is 6.92 Å². The van der Waals surface area contributed by atoms with Crippen molar-refractivity contribution in [1.82, 2.24) is 24.6 Å². The summed E-state index contributed by atoms with van der Waals surface area (Å²) in [4.78, 5) is 23.4. The molecule has 1 aliphatic rings. The van der Waals surface area contributed by atoms with Crippen LogP contribution in [0.25, 0.3) is 0 Å². The van der Waals surface area contributed by atoms with Crippen molar-refractivity contribution in [1.29, 1.82) is 0 Å². The summed E-state index contributed by atoms with van der Waals surface area (Å²) in [7, 11) is 0. The van der Waals surface area contributed by atoms with E-state index in [1.807, 2.05) is 35.1 Å². The molecule has 130 valence electrons. The number of piperidine rings is 1. The standard InChI is InChI=1S/C17H19N5O2S/c1-12-7-15(24-20-12)17(23)22-5-2-3-13(8-22)16-18-4-6-21(16)9-14-10-25-11-19-14/h4,6-7,10-11,13H,2-3,5,8-9H2,1H3/t13-/m1/s1. The fourth-order valence-corrected chi connectivity index (χ4v) is 3.85. The third kappa shape index (κ3) is 3.34. The van der Waals surface area contributed by atoms with Gasteiger partial charge in [0.15, 0.2) is 0 Å². The van der Waals surface area contributed by atoms with Gasteiger partial charge in [0.25, 0.3) is 5.91 Å². The predicted octanol–water partition coefficient (Wildman–Crippen LogP) is 2.70. The first-order valence-corrected chi connectivity index (χ1v) is 9.25. The summed E-state index contributed by atoms with van der Waals surface area (Å²) in [5.41, 5.74) is 3.59. The van der Waals surface area contributed by atoms with Crippen molar-refractivity contribution in [3.63, 3.8) is 0 Å². The second kappa shape index (κ2) is 6.79. The number of hydrogen-bond acceptors (Lipinski definition) is 6. The molecule has 4 rings (SSSR count). The minimum absolute atomic E-state index is 0.0945. The molecule has 25 heavy (non-hydrogen) atoms. The van der Waals surface area contributed by atoms with Crippen LogP contribution < -0.4 is 0 Å². The van der Waals surface area contributed by atoms with Crippen LogP contribution in [0.5, 0.6) is 0 Å². The van der Waals surface area contributed by atoms with Gasteiger partial charge in [0, 0.05) is 42.8 Å². The maximum Gasteiger partial charge on any atom is 0.292 e. The number of carbonyl (C=O) groups is 1. The van der Waals surface area contributed by atoms with Gasteiger partial charge in [0.2, 0.25) is 5.76 Å². The Morgan fingerprint density at radius 1 is 1.44 bits per heavy atom. The van der Waals surface area contributed by atoms with E-state index in [1.165, 1.54) is 0 Å². The van der Waals surface area contributed by atoms with Crippen LogP contribution in [-0.2, 0) is 6.54 Å². The summed E-state index contributed by atoms with van der Waals surface area (Å²) in [6.45, 7) is 3.91. The van der Waals surface area contributed by atoms with Crippen LogP contribution in [0.1, 0.15) is 46.5 Å². The molecular weight excluding hydrogens is 338 g/mol. The molecular formula is C17H19N5O2S. The van der Waals surface area contributed by atoms with Crippen molar-refractivity contribution in [2.75, 3.05) is 13.1 Å². The van der Waals surface area contributed by atoms with Crippen LogP contribution in [0.15, 0.2) is 33.9 Å². The van der Waals surface area contributed by atoms with Gasteiger partial charge >= 0.3 is 0 Å². The minimum Gasteiger partial charge on any atom is -0.351 e. The SMILES string of the molecule is Cc1cc(C(=O)N2CCC[C@@H](c3nccn3Cc3cscn3)C2)on1. The lowest BCUT2D eigenvalue weighted by molar-refractivity contribution is 0.0661. The molecule has 0 spiro atoms. The zero-order valence-corrected chi connectivity index (χ0v) is 14.8. The Balaban J connectivity index is 1.50.